The zero-order valence-corrected chi connectivity index (χ0v) is 22.4. The van der Waals surface area contributed by atoms with E-state index in [0.29, 0.717) is 35.2 Å². The van der Waals surface area contributed by atoms with Gasteiger partial charge >= 0.3 is 12.1 Å². The average Bonchev–Trinajstić information content (AvgIpc) is 3.39. The lowest BCUT2D eigenvalue weighted by molar-refractivity contribution is 0.0527. The molecule has 0 aromatic carbocycles. The Balaban J connectivity index is 2.10. The minimum absolute atomic E-state index is 0.0556. The Labute approximate surface area is 209 Å². The van der Waals surface area contributed by atoms with Crippen molar-refractivity contribution in [3.8, 4) is 10.7 Å². The number of nitrogens with one attached hydrogen (secondary N) is 1. The lowest BCUT2D eigenvalue weighted by Gasteiger charge is -2.19. The van der Waals surface area contributed by atoms with E-state index in [-0.39, 0.29) is 5.92 Å². The summed E-state index contributed by atoms with van der Waals surface area (Å²) in [7, 11) is 1.36. The van der Waals surface area contributed by atoms with Crippen LogP contribution in [0.25, 0.3) is 10.7 Å². The maximum absolute atomic E-state index is 12.4. The minimum Gasteiger partial charge on any atom is -0.464 e. The highest BCUT2D eigenvalue weighted by molar-refractivity contribution is 7.16. The van der Waals surface area contributed by atoms with E-state index in [9.17, 15) is 9.59 Å². The number of ether oxygens (including phenoxy) is 2. The van der Waals surface area contributed by atoms with Gasteiger partial charge in [-0.25, -0.2) is 19.6 Å². The zero-order valence-electron chi connectivity index (χ0n) is 20.0. The van der Waals surface area contributed by atoms with Gasteiger partial charge in [-0.2, -0.15) is 0 Å². The standard InChI is InChI=1S/C23H34ClN3O4S2/c1-6-7-8-9-10-15(13-24)19-18(21(28)30-5)27-20(33-19)16-14-32-17(26-16)11-12-25-22(29)31-23(2,3)4/h14-15H,6-13H2,1-5H3,(H,25,29). The molecule has 2 aromatic heterocycles. The highest BCUT2D eigenvalue weighted by atomic mass is 35.5. The summed E-state index contributed by atoms with van der Waals surface area (Å²) in [6, 6.07) is 0. The number of alkyl halides is 1. The molecule has 2 rings (SSSR count). The van der Waals surface area contributed by atoms with Gasteiger partial charge in [0.25, 0.3) is 0 Å². The quantitative estimate of drug-likeness (QED) is 0.199. The van der Waals surface area contributed by atoms with E-state index in [0.717, 1.165) is 29.1 Å². The van der Waals surface area contributed by atoms with Crippen LogP contribution in [0.1, 0.15) is 86.1 Å². The van der Waals surface area contributed by atoms with Crippen molar-refractivity contribution in [1.29, 1.82) is 0 Å². The Hall–Kier alpha value is -1.71. The molecule has 1 unspecified atom stereocenters. The molecule has 0 saturated heterocycles. The molecule has 0 aliphatic carbocycles. The Bertz CT molecular complexity index is 908. The van der Waals surface area contributed by atoms with Gasteiger partial charge in [0.15, 0.2) is 5.69 Å². The number of hydrogen-bond acceptors (Lipinski definition) is 8. The smallest absolute Gasteiger partial charge is 0.407 e. The van der Waals surface area contributed by atoms with Crippen molar-refractivity contribution in [2.75, 3.05) is 19.5 Å². The number of thiazole rings is 2. The topological polar surface area (TPSA) is 90.4 Å². The lowest BCUT2D eigenvalue weighted by atomic mass is 9.99. The molecule has 0 aliphatic rings. The van der Waals surface area contributed by atoms with Crippen LogP contribution in [0, 0.1) is 0 Å². The lowest BCUT2D eigenvalue weighted by Crippen LogP contribution is -2.33. The van der Waals surface area contributed by atoms with Crippen LogP contribution in [0.3, 0.4) is 0 Å². The van der Waals surface area contributed by atoms with Crippen molar-refractivity contribution in [1.82, 2.24) is 15.3 Å². The normalized spacial score (nSPS) is 12.4. The van der Waals surface area contributed by atoms with Gasteiger partial charge in [-0.15, -0.1) is 34.3 Å². The van der Waals surface area contributed by atoms with Crippen LogP contribution in [0.2, 0.25) is 0 Å². The Morgan fingerprint density at radius 3 is 2.61 bits per heavy atom. The van der Waals surface area contributed by atoms with Gasteiger partial charge in [-0.05, 0) is 27.2 Å². The third-order valence-electron chi connectivity index (χ3n) is 4.77. The van der Waals surface area contributed by atoms with Crippen LogP contribution in [-0.2, 0) is 15.9 Å². The van der Waals surface area contributed by atoms with E-state index < -0.39 is 17.7 Å². The van der Waals surface area contributed by atoms with Crippen LogP contribution >= 0.6 is 34.3 Å². The van der Waals surface area contributed by atoms with Crippen molar-refractivity contribution >= 4 is 46.3 Å². The summed E-state index contributed by atoms with van der Waals surface area (Å²) in [6.45, 7) is 8.07. The highest BCUT2D eigenvalue weighted by Crippen LogP contribution is 2.37. The number of rotatable bonds is 12. The molecule has 0 fully saturated rings. The Kier molecular flexibility index (Phi) is 11.1. The average molecular weight is 516 g/mol. The first-order valence-corrected chi connectivity index (χ1v) is 13.5. The molecule has 2 aromatic rings. The number of methoxy groups -OCH3 is 1. The van der Waals surface area contributed by atoms with Crippen LogP contribution < -0.4 is 5.32 Å². The van der Waals surface area contributed by atoms with Gasteiger partial charge in [-0.1, -0.05) is 32.6 Å². The molecule has 1 N–H and O–H groups in total. The molecule has 7 nitrogen and oxygen atoms in total. The van der Waals surface area contributed by atoms with Crippen molar-refractivity contribution in [2.45, 2.75) is 77.7 Å². The predicted molar refractivity (Wildman–Crippen MR) is 135 cm³/mol. The Morgan fingerprint density at radius 1 is 1.21 bits per heavy atom. The van der Waals surface area contributed by atoms with E-state index in [1.165, 1.54) is 42.6 Å². The van der Waals surface area contributed by atoms with E-state index in [2.05, 4.69) is 22.2 Å². The van der Waals surface area contributed by atoms with E-state index >= 15 is 0 Å². The second-order valence-electron chi connectivity index (χ2n) is 8.73. The molecule has 0 saturated carbocycles. The van der Waals surface area contributed by atoms with Crippen molar-refractivity contribution in [2.24, 2.45) is 0 Å². The summed E-state index contributed by atoms with van der Waals surface area (Å²) in [5.74, 6) is 0.0318. The maximum atomic E-state index is 12.4. The fraction of sp³-hybridized carbons (Fsp3) is 0.652. The molecule has 0 bridgehead atoms. The molecule has 2 heterocycles. The number of esters is 1. The molecular formula is C23H34ClN3O4S2. The summed E-state index contributed by atoms with van der Waals surface area (Å²) in [6.07, 6.45) is 5.61. The summed E-state index contributed by atoms with van der Waals surface area (Å²) in [4.78, 5) is 34.3. The summed E-state index contributed by atoms with van der Waals surface area (Å²) in [5, 5.41) is 6.20. The number of amides is 1. The first-order valence-electron chi connectivity index (χ1n) is 11.2. The molecule has 0 aliphatic heterocycles. The number of halogens is 1. The second kappa shape index (κ2) is 13.2. The van der Waals surface area contributed by atoms with Gasteiger partial charge in [0.2, 0.25) is 0 Å². The van der Waals surface area contributed by atoms with Crippen molar-refractivity contribution < 1.29 is 19.1 Å². The number of unbranched alkanes of at least 4 members (excludes halogenated alkanes) is 3. The number of aromatic nitrogens is 2. The summed E-state index contributed by atoms with van der Waals surface area (Å²) in [5.41, 5.74) is 0.516. The first-order chi connectivity index (χ1) is 15.7. The van der Waals surface area contributed by atoms with Gasteiger partial charge in [-0.3, -0.25) is 0 Å². The molecule has 1 atom stereocenters. The molecule has 33 heavy (non-hydrogen) atoms. The van der Waals surface area contributed by atoms with Crippen molar-refractivity contribution in [3.63, 3.8) is 0 Å². The fourth-order valence-electron chi connectivity index (χ4n) is 3.17. The second-order valence-corrected chi connectivity index (χ2v) is 11.0. The Morgan fingerprint density at radius 2 is 1.97 bits per heavy atom. The molecular weight excluding hydrogens is 482 g/mol. The van der Waals surface area contributed by atoms with Gasteiger partial charge in [0, 0.05) is 35.0 Å². The SMILES string of the molecule is CCCCCCC(CCl)c1sc(-c2csc(CCNC(=O)OC(C)(C)C)n2)nc1C(=O)OC. The molecule has 1 amide bonds. The van der Waals surface area contributed by atoms with Crippen molar-refractivity contribution in [3.05, 3.63) is 21.0 Å². The number of alkyl carbamates (subject to hydrolysis) is 1. The van der Waals surface area contributed by atoms with E-state index in [1.807, 2.05) is 26.2 Å². The monoisotopic (exact) mass is 515 g/mol. The third kappa shape index (κ3) is 8.87. The van der Waals surface area contributed by atoms with Gasteiger partial charge < -0.3 is 14.8 Å². The van der Waals surface area contributed by atoms with E-state index in [4.69, 9.17) is 21.1 Å². The molecule has 0 spiro atoms. The van der Waals surface area contributed by atoms with Crippen LogP contribution in [0.15, 0.2) is 5.38 Å². The maximum Gasteiger partial charge on any atom is 0.407 e. The number of carbonyl (C=O) groups is 2. The molecule has 0 radical (unpaired) electrons. The fourth-order valence-corrected chi connectivity index (χ4v) is 5.57. The summed E-state index contributed by atoms with van der Waals surface area (Å²) < 4.78 is 10.2. The zero-order chi connectivity index (χ0) is 24.4. The van der Waals surface area contributed by atoms with E-state index in [1.54, 1.807) is 0 Å². The van der Waals surface area contributed by atoms with Crippen LogP contribution in [0.5, 0.6) is 0 Å². The minimum atomic E-state index is -0.533. The third-order valence-corrected chi connectivity index (χ3v) is 7.29. The largest absolute Gasteiger partial charge is 0.464 e. The summed E-state index contributed by atoms with van der Waals surface area (Å²) >= 11 is 9.24. The number of nitrogens with zero attached hydrogens (tertiary/aromatic N) is 2. The van der Waals surface area contributed by atoms with Gasteiger partial charge in [0.05, 0.1) is 12.1 Å². The molecule has 184 valence electrons. The number of carbonyl (C=O) groups excluding carboxylic acids is 2. The van der Waals surface area contributed by atoms with Crippen LogP contribution in [-0.4, -0.2) is 47.2 Å². The van der Waals surface area contributed by atoms with Gasteiger partial charge in [0.1, 0.15) is 16.3 Å². The first kappa shape index (κ1) is 27.5. The number of hydrogen-bond donors (Lipinski definition) is 1. The predicted octanol–water partition coefficient (Wildman–Crippen LogP) is 6.41. The highest BCUT2D eigenvalue weighted by Gasteiger charge is 2.26. The van der Waals surface area contributed by atoms with Crippen LogP contribution in [0.4, 0.5) is 4.79 Å². The molecule has 10 heteroatoms.